The monoisotopic (exact) mass is 392 g/mol. The van der Waals surface area contributed by atoms with Crippen molar-refractivity contribution in [1.29, 1.82) is 0 Å². The SMILES string of the molecule is Cc1ccc(-n2nc(C)cc2NC(=O)CN(Cc2ccc(F)cc2)C2CC2)cc1. The number of nitrogens with one attached hydrogen (secondary N) is 1. The topological polar surface area (TPSA) is 50.2 Å². The highest BCUT2D eigenvalue weighted by Crippen LogP contribution is 2.28. The van der Waals surface area contributed by atoms with Gasteiger partial charge in [-0.2, -0.15) is 5.10 Å². The van der Waals surface area contributed by atoms with E-state index in [9.17, 15) is 9.18 Å². The summed E-state index contributed by atoms with van der Waals surface area (Å²) in [6, 6.07) is 16.8. The molecule has 29 heavy (non-hydrogen) atoms. The molecule has 1 amide bonds. The van der Waals surface area contributed by atoms with E-state index in [4.69, 9.17) is 0 Å². The zero-order valence-electron chi connectivity index (χ0n) is 16.7. The van der Waals surface area contributed by atoms with Crippen molar-refractivity contribution in [3.63, 3.8) is 0 Å². The van der Waals surface area contributed by atoms with Gasteiger partial charge in [-0.1, -0.05) is 29.8 Å². The van der Waals surface area contributed by atoms with Crippen LogP contribution in [0.4, 0.5) is 10.2 Å². The lowest BCUT2D eigenvalue weighted by atomic mass is 10.2. The van der Waals surface area contributed by atoms with E-state index >= 15 is 0 Å². The molecule has 150 valence electrons. The first-order chi connectivity index (χ1) is 14.0. The summed E-state index contributed by atoms with van der Waals surface area (Å²) in [6.45, 7) is 4.87. The van der Waals surface area contributed by atoms with Crippen molar-refractivity contribution in [2.75, 3.05) is 11.9 Å². The molecule has 1 aliphatic carbocycles. The van der Waals surface area contributed by atoms with Gasteiger partial charge in [0, 0.05) is 18.7 Å². The van der Waals surface area contributed by atoms with Gasteiger partial charge < -0.3 is 5.32 Å². The van der Waals surface area contributed by atoms with Crippen LogP contribution in [0.1, 0.15) is 29.7 Å². The van der Waals surface area contributed by atoms with Crippen molar-refractivity contribution in [3.8, 4) is 5.69 Å². The maximum absolute atomic E-state index is 13.2. The van der Waals surface area contributed by atoms with E-state index in [-0.39, 0.29) is 11.7 Å². The molecule has 1 aromatic heterocycles. The first-order valence-electron chi connectivity index (χ1n) is 9.90. The molecule has 5 nitrogen and oxygen atoms in total. The number of benzene rings is 2. The number of anilines is 1. The van der Waals surface area contributed by atoms with Crippen molar-refractivity contribution >= 4 is 11.7 Å². The largest absolute Gasteiger partial charge is 0.309 e. The zero-order chi connectivity index (χ0) is 20.4. The summed E-state index contributed by atoms with van der Waals surface area (Å²) in [7, 11) is 0. The van der Waals surface area contributed by atoms with Gasteiger partial charge in [-0.25, -0.2) is 9.07 Å². The van der Waals surface area contributed by atoms with E-state index in [0.717, 1.165) is 29.8 Å². The van der Waals surface area contributed by atoms with Gasteiger partial charge in [0.05, 0.1) is 17.9 Å². The summed E-state index contributed by atoms with van der Waals surface area (Å²) in [4.78, 5) is 14.9. The molecule has 1 saturated carbocycles. The van der Waals surface area contributed by atoms with Crippen LogP contribution in [0, 0.1) is 19.7 Å². The minimum atomic E-state index is -0.246. The Morgan fingerprint density at radius 3 is 2.48 bits per heavy atom. The molecule has 0 spiro atoms. The van der Waals surface area contributed by atoms with Crippen LogP contribution in [0.3, 0.4) is 0 Å². The second-order valence-corrected chi connectivity index (χ2v) is 7.73. The Bertz CT molecular complexity index is 991. The minimum Gasteiger partial charge on any atom is -0.309 e. The summed E-state index contributed by atoms with van der Waals surface area (Å²) in [5, 5.41) is 7.53. The smallest absolute Gasteiger partial charge is 0.239 e. The molecule has 0 bridgehead atoms. The first kappa shape index (κ1) is 19.3. The standard InChI is InChI=1S/C23H25FN4O/c1-16-3-9-21(10-4-16)28-22(13-17(2)26-28)25-23(29)15-27(20-11-12-20)14-18-5-7-19(24)8-6-18/h3-10,13,20H,11-12,14-15H2,1-2H3,(H,25,29). The van der Waals surface area contributed by atoms with Gasteiger partial charge in [-0.3, -0.25) is 9.69 Å². The molecule has 6 heteroatoms. The molecular weight excluding hydrogens is 367 g/mol. The maximum atomic E-state index is 13.2. The molecule has 1 heterocycles. The van der Waals surface area contributed by atoms with Crippen LogP contribution in [0.5, 0.6) is 0 Å². The number of rotatable bonds is 7. The van der Waals surface area contributed by atoms with Crippen molar-refractivity contribution in [2.45, 2.75) is 39.3 Å². The lowest BCUT2D eigenvalue weighted by Gasteiger charge is -2.21. The van der Waals surface area contributed by atoms with Gasteiger partial charge in [-0.15, -0.1) is 0 Å². The number of amides is 1. The summed E-state index contributed by atoms with van der Waals surface area (Å²) in [6.07, 6.45) is 2.18. The van der Waals surface area contributed by atoms with Gasteiger partial charge in [0.15, 0.2) is 0 Å². The molecule has 0 unspecified atom stereocenters. The molecule has 0 saturated heterocycles. The van der Waals surface area contributed by atoms with Gasteiger partial charge in [0.1, 0.15) is 11.6 Å². The molecule has 0 radical (unpaired) electrons. The third-order valence-corrected chi connectivity index (χ3v) is 5.09. The van der Waals surface area contributed by atoms with E-state index in [2.05, 4.69) is 15.3 Å². The number of aryl methyl sites for hydroxylation is 2. The Labute approximate surface area is 170 Å². The van der Waals surface area contributed by atoms with Crippen molar-refractivity contribution in [3.05, 3.63) is 77.2 Å². The first-order valence-corrected chi connectivity index (χ1v) is 9.90. The highest BCUT2D eigenvalue weighted by molar-refractivity contribution is 5.91. The molecule has 1 aliphatic rings. The third kappa shape index (κ3) is 4.90. The molecule has 1 N–H and O–H groups in total. The van der Waals surface area contributed by atoms with Crippen LogP contribution in [-0.2, 0) is 11.3 Å². The fourth-order valence-electron chi connectivity index (χ4n) is 3.42. The molecular formula is C23H25FN4O. The number of hydrogen-bond acceptors (Lipinski definition) is 3. The lowest BCUT2D eigenvalue weighted by Crippen LogP contribution is -2.34. The zero-order valence-corrected chi connectivity index (χ0v) is 16.7. The van der Waals surface area contributed by atoms with Crippen molar-refractivity contribution in [2.24, 2.45) is 0 Å². The quantitative estimate of drug-likeness (QED) is 0.655. The van der Waals surface area contributed by atoms with Gasteiger partial charge >= 0.3 is 0 Å². The Hall–Kier alpha value is -2.99. The Kier molecular flexibility index (Phi) is 5.45. The molecule has 3 aromatic rings. The predicted octanol–water partition coefficient (Wildman–Crippen LogP) is 4.23. The average Bonchev–Trinajstić information content (AvgIpc) is 3.47. The second-order valence-electron chi connectivity index (χ2n) is 7.73. The van der Waals surface area contributed by atoms with Crippen molar-refractivity contribution < 1.29 is 9.18 Å². The highest BCUT2D eigenvalue weighted by atomic mass is 19.1. The van der Waals surface area contributed by atoms with Crippen LogP contribution >= 0.6 is 0 Å². The number of halogens is 1. The number of carbonyl (C=O) groups excluding carboxylic acids is 1. The van der Waals surface area contributed by atoms with E-state index in [0.29, 0.717) is 24.9 Å². The number of hydrogen-bond donors (Lipinski definition) is 1. The third-order valence-electron chi connectivity index (χ3n) is 5.09. The Balaban J connectivity index is 1.46. The molecule has 1 fully saturated rings. The van der Waals surface area contributed by atoms with Crippen LogP contribution < -0.4 is 5.32 Å². The molecule has 0 aliphatic heterocycles. The molecule has 0 atom stereocenters. The summed E-state index contributed by atoms with van der Waals surface area (Å²) in [5.74, 6) is 0.338. The lowest BCUT2D eigenvalue weighted by molar-refractivity contribution is -0.117. The van der Waals surface area contributed by atoms with E-state index in [1.165, 1.54) is 17.7 Å². The second kappa shape index (κ2) is 8.17. The highest BCUT2D eigenvalue weighted by Gasteiger charge is 2.30. The van der Waals surface area contributed by atoms with Crippen LogP contribution in [0.25, 0.3) is 5.69 Å². The maximum Gasteiger partial charge on any atom is 0.239 e. The number of carbonyl (C=O) groups is 1. The number of nitrogens with zero attached hydrogens (tertiary/aromatic N) is 3. The van der Waals surface area contributed by atoms with Gasteiger partial charge in [0.25, 0.3) is 0 Å². The van der Waals surface area contributed by atoms with E-state index < -0.39 is 0 Å². The fraction of sp³-hybridized carbons (Fsp3) is 0.304. The van der Waals surface area contributed by atoms with Crippen LogP contribution in [0.15, 0.2) is 54.6 Å². The van der Waals surface area contributed by atoms with Crippen LogP contribution in [-0.4, -0.2) is 33.2 Å². The predicted molar refractivity (Wildman–Crippen MR) is 111 cm³/mol. The average molecular weight is 392 g/mol. The van der Waals surface area contributed by atoms with Gasteiger partial charge in [0.2, 0.25) is 5.91 Å². The molecule has 4 rings (SSSR count). The summed E-state index contributed by atoms with van der Waals surface area (Å²) >= 11 is 0. The van der Waals surface area contributed by atoms with E-state index in [1.54, 1.807) is 16.8 Å². The van der Waals surface area contributed by atoms with Gasteiger partial charge in [-0.05, 0) is 56.5 Å². The summed E-state index contributed by atoms with van der Waals surface area (Å²) < 4.78 is 14.9. The van der Waals surface area contributed by atoms with Crippen LogP contribution in [0.2, 0.25) is 0 Å². The normalized spacial score (nSPS) is 13.7. The van der Waals surface area contributed by atoms with Crippen molar-refractivity contribution in [1.82, 2.24) is 14.7 Å². The minimum absolute atomic E-state index is 0.0766. The Morgan fingerprint density at radius 2 is 1.83 bits per heavy atom. The number of aromatic nitrogens is 2. The fourth-order valence-corrected chi connectivity index (χ4v) is 3.42. The van der Waals surface area contributed by atoms with E-state index in [1.807, 2.05) is 44.2 Å². The Morgan fingerprint density at radius 1 is 1.14 bits per heavy atom. The molecule has 2 aromatic carbocycles. The summed E-state index contributed by atoms with van der Waals surface area (Å²) in [5.41, 5.74) is 3.92.